The number of phenols is 1. The van der Waals surface area contributed by atoms with Crippen molar-refractivity contribution in [1.82, 2.24) is 4.90 Å². The van der Waals surface area contributed by atoms with Gasteiger partial charge in [-0.3, -0.25) is 14.8 Å². The number of aliphatic imine (C=N–C) groups is 2. The number of benzene rings is 2. The minimum Gasteiger partial charge on any atom is -0.508 e. The van der Waals surface area contributed by atoms with Gasteiger partial charge in [-0.15, -0.1) is 0 Å². The average molecular weight is 345 g/mol. The molecule has 5 nitrogen and oxygen atoms in total. The number of fused-ring (bicyclic) bond motifs is 1. The maximum atomic E-state index is 13.1. The van der Waals surface area contributed by atoms with Crippen molar-refractivity contribution in [3.05, 3.63) is 78.1 Å². The molecular weight excluding hydrogens is 326 g/mol. The Kier molecular flexibility index (Phi) is 4.13. The average Bonchev–Trinajstić information content (AvgIpc) is 2.69. The first-order chi connectivity index (χ1) is 12.6. The van der Waals surface area contributed by atoms with Crippen molar-refractivity contribution < 1.29 is 9.90 Å². The van der Waals surface area contributed by atoms with Crippen LogP contribution in [0.1, 0.15) is 28.9 Å². The van der Waals surface area contributed by atoms with Crippen LogP contribution in [0.25, 0.3) is 0 Å². The molecule has 5 heteroatoms. The zero-order chi connectivity index (χ0) is 18.1. The quantitative estimate of drug-likeness (QED) is 0.865. The largest absolute Gasteiger partial charge is 0.508 e. The lowest BCUT2D eigenvalue weighted by Crippen LogP contribution is -2.47. The molecule has 2 aromatic rings. The fourth-order valence-electron chi connectivity index (χ4n) is 3.59. The Bertz CT molecular complexity index is 901. The van der Waals surface area contributed by atoms with E-state index in [9.17, 15) is 9.90 Å². The number of amidine groups is 1. The van der Waals surface area contributed by atoms with E-state index in [2.05, 4.69) is 4.99 Å². The van der Waals surface area contributed by atoms with Gasteiger partial charge in [0.25, 0.3) is 0 Å². The minimum absolute atomic E-state index is 0.0111. The van der Waals surface area contributed by atoms with Gasteiger partial charge < -0.3 is 10.0 Å². The number of Topliss-reactive ketones (excluding diaryl/α,β-unsaturated/α-hetero) is 1. The summed E-state index contributed by atoms with van der Waals surface area (Å²) in [4.78, 5) is 24.0. The molecule has 0 spiro atoms. The molecule has 26 heavy (non-hydrogen) atoms. The molecule has 0 bridgehead atoms. The fourth-order valence-corrected chi connectivity index (χ4v) is 3.59. The van der Waals surface area contributed by atoms with Gasteiger partial charge in [-0.2, -0.15) is 0 Å². The first-order valence-corrected chi connectivity index (χ1v) is 8.59. The molecule has 0 aliphatic carbocycles. The van der Waals surface area contributed by atoms with Gasteiger partial charge in [-0.1, -0.05) is 49.4 Å². The molecule has 3 unspecified atom stereocenters. The maximum absolute atomic E-state index is 13.1. The van der Waals surface area contributed by atoms with Crippen molar-refractivity contribution >= 4 is 17.8 Å². The lowest BCUT2D eigenvalue weighted by molar-refractivity contribution is 0.0899. The van der Waals surface area contributed by atoms with Crippen molar-refractivity contribution in [3.8, 4) is 5.75 Å². The molecule has 0 saturated carbocycles. The predicted molar refractivity (Wildman–Crippen MR) is 101 cm³/mol. The summed E-state index contributed by atoms with van der Waals surface area (Å²) in [5.74, 6) is 0.862. The van der Waals surface area contributed by atoms with E-state index in [1.54, 1.807) is 24.5 Å². The zero-order valence-corrected chi connectivity index (χ0v) is 14.4. The molecule has 3 atom stereocenters. The van der Waals surface area contributed by atoms with Crippen LogP contribution in [0.3, 0.4) is 0 Å². The molecule has 0 amide bonds. The van der Waals surface area contributed by atoms with E-state index < -0.39 is 6.04 Å². The highest BCUT2D eigenvalue weighted by molar-refractivity contribution is 6.31. The van der Waals surface area contributed by atoms with Gasteiger partial charge in [-0.25, -0.2) is 0 Å². The number of nitrogens with zero attached hydrogens (tertiary/aromatic N) is 3. The molecule has 2 aliphatic heterocycles. The topological polar surface area (TPSA) is 65.3 Å². The third-order valence-corrected chi connectivity index (χ3v) is 4.90. The van der Waals surface area contributed by atoms with Crippen LogP contribution in [0.5, 0.6) is 5.75 Å². The van der Waals surface area contributed by atoms with Crippen molar-refractivity contribution in [2.24, 2.45) is 15.9 Å². The van der Waals surface area contributed by atoms with E-state index in [4.69, 9.17) is 4.99 Å². The molecule has 4 rings (SSSR count). The van der Waals surface area contributed by atoms with E-state index >= 15 is 0 Å². The summed E-state index contributed by atoms with van der Waals surface area (Å²) in [6, 6.07) is 15.8. The molecule has 2 aliphatic rings. The van der Waals surface area contributed by atoms with Crippen molar-refractivity contribution in [2.45, 2.75) is 19.0 Å². The van der Waals surface area contributed by atoms with Crippen LogP contribution in [0, 0.1) is 5.92 Å². The number of phenolic OH excluding ortho intramolecular Hbond substituents is 1. The second kappa shape index (κ2) is 6.59. The molecule has 0 aromatic heterocycles. The second-order valence-corrected chi connectivity index (χ2v) is 6.54. The maximum Gasteiger partial charge on any atom is 0.187 e. The van der Waals surface area contributed by atoms with Gasteiger partial charge in [0.1, 0.15) is 17.6 Å². The molecule has 2 aromatic carbocycles. The molecule has 1 N–H and O–H groups in total. The monoisotopic (exact) mass is 345 g/mol. The number of aromatic hydroxyl groups is 1. The van der Waals surface area contributed by atoms with E-state index in [0.717, 1.165) is 5.56 Å². The highest BCUT2D eigenvalue weighted by Crippen LogP contribution is 2.38. The van der Waals surface area contributed by atoms with Crippen LogP contribution in [0.2, 0.25) is 0 Å². The molecule has 130 valence electrons. The van der Waals surface area contributed by atoms with Crippen molar-refractivity contribution in [1.29, 1.82) is 0 Å². The van der Waals surface area contributed by atoms with Gasteiger partial charge in [0.15, 0.2) is 5.78 Å². The Labute approximate surface area is 152 Å². The highest BCUT2D eigenvalue weighted by atomic mass is 16.3. The SMILES string of the molecule is CC1C(C(=O)c2ccccc2)N=C2C=NC=CN2C1c1ccc(O)cc1. The molecule has 0 radical (unpaired) electrons. The molecule has 0 fully saturated rings. The third-order valence-electron chi connectivity index (χ3n) is 4.90. The number of hydrogen-bond acceptors (Lipinski definition) is 5. The minimum atomic E-state index is -0.486. The van der Waals surface area contributed by atoms with Crippen molar-refractivity contribution in [3.63, 3.8) is 0 Å². The van der Waals surface area contributed by atoms with E-state index in [1.807, 2.05) is 60.5 Å². The summed E-state index contributed by atoms with van der Waals surface area (Å²) in [5.41, 5.74) is 1.68. The van der Waals surface area contributed by atoms with Crippen LogP contribution in [0.4, 0.5) is 0 Å². The summed E-state index contributed by atoms with van der Waals surface area (Å²) in [6.07, 6.45) is 5.29. The van der Waals surface area contributed by atoms with Crippen molar-refractivity contribution in [2.75, 3.05) is 0 Å². The normalized spacial score (nSPS) is 24.1. The summed E-state index contributed by atoms with van der Waals surface area (Å²) in [6.45, 7) is 2.04. The Hall–Kier alpha value is -3.21. The molecular formula is C21H19N3O2. The van der Waals surface area contributed by atoms with Gasteiger partial charge >= 0.3 is 0 Å². The highest BCUT2D eigenvalue weighted by Gasteiger charge is 2.40. The van der Waals surface area contributed by atoms with Crippen LogP contribution >= 0.6 is 0 Å². The summed E-state index contributed by atoms with van der Waals surface area (Å²) < 4.78 is 0. The predicted octanol–water partition coefficient (Wildman–Crippen LogP) is 3.59. The van der Waals surface area contributed by atoms with E-state index in [0.29, 0.717) is 11.4 Å². The van der Waals surface area contributed by atoms with Crippen LogP contribution in [-0.2, 0) is 0 Å². The fraction of sp³-hybridized carbons (Fsp3) is 0.190. The Morgan fingerprint density at radius 3 is 2.54 bits per heavy atom. The van der Waals surface area contributed by atoms with Gasteiger partial charge in [-0.05, 0) is 17.7 Å². The van der Waals surface area contributed by atoms with Gasteiger partial charge in [0.05, 0.1) is 12.3 Å². The smallest absolute Gasteiger partial charge is 0.187 e. The molecule has 0 saturated heterocycles. The van der Waals surface area contributed by atoms with Crippen LogP contribution < -0.4 is 0 Å². The van der Waals surface area contributed by atoms with Crippen LogP contribution in [-0.4, -0.2) is 33.9 Å². The Morgan fingerprint density at radius 1 is 1.08 bits per heavy atom. The van der Waals surface area contributed by atoms with Gasteiger partial charge in [0, 0.05) is 23.9 Å². The summed E-state index contributed by atoms with van der Waals surface area (Å²) >= 11 is 0. The zero-order valence-electron chi connectivity index (χ0n) is 14.4. The number of carbonyl (C=O) groups is 1. The first-order valence-electron chi connectivity index (χ1n) is 8.59. The Morgan fingerprint density at radius 2 is 1.81 bits per heavy atom. The second-order valence-electron chi connectivity index (χ2n) is 6.54. The number of rotatable bonds is 3. The van der Waals surface area contributed by atoms with Gasteiger partial charge in [0.2, 0.25) is 0 Å². The van der Waals surface area contributed by atoms with E-state index in [-0.39, 0.29) is 23.5 Å². The Balaban J connectivity index is 1.77. The summed E-state index contributed by atoms with van der Waals surface area (Å²) in [5, 5.41) is 9.62. The van der Waals surface area contributed by atoms with E-state index in [1.165, 1.54) is 0 Å². The third kappa shape index (κ3) is 2.81. The van der Waals surface area contributed by atoms with Crippen LogP contribution in [0.15, 0.2) is 77.0 Å². The lowest BCUT2D eigenvalue weighted by atomic mass is 9.82. The number of carbonyl (C=O) groups excluding carboxylic acids is 1. The standard InChI is InChI=1S/C21H19N3O2/c1-14-19(21(26)16-5-3-2-4-6-16)23-18-13-22-11-12-24(18)20(14)15-7-9-17(25)10-8-15/h2-14,19-20,25H,1H3. The first kappa shape index (κ1) is 16.3. The summed E-state index contributed by atoms with van der Waals surface area (Å²) in [7, 11) is 0. The molecule has 2 heterocycles. The lowest BCUT2D eigenvalue weighted by Gasteiger charge is -2.42. The number of ketones is 1. The number of hydrogen-bond donors (Lipinski definition) is 1.